The van der Waals surface area contributed by atoms with Crippen molar-refractivity contribution in [2.45, 2.75) is 5.41 Å². The Kier molecular flexibility index (Phi) is 7.98. The first-order chi connectivity index (χ1) is 28.3. The summed E-state index contributed by atoms with van der Waals surface area (Å²) >= 11 is 1.88. The SMILES string of the molecule is c1ccc(-c2cccc(N(c3ccc(C4(c5ccccc5)c5ccccc5-c5ccccc54)cc3)c3cccc(-c4cccc5c4sc4ccccc45)c3)c2)cc1. The van der Waals surface area contributed by atoms with E-state index < -0.39 is 5.41 Å². The fourth-order valence-electron chi connectivity index (χ4n) is 9.26. The molecule has 0 amide bonds. The van der Waals surface area contributed by atoms with Gasteiger partial charge in [-0.1, -0.05) is 182 Å². The molecule has 1 nitrogen and oxygen atoms in total. The lowest BCUT2D eigenvalue weighted by Gasteiger charge is -2.34. The van der Waals surface area contributed by atoms with Crippen LogP contribution in [0.25, 0.3) is 53.6 Å². The molecule has 268 valence electrons. The zero-order chi connectivity index (χ0) is 37.8. The summed E-state index contributed by atoms with van der Waals surface area (Å²) in [6.45, 7) is 0. The number of fused-ring (bicyclic) bond motifs is 6. The van der Waals surface area contributed by atoms with Crippen molar-refractivity contribution < 1.29 is 0 Å². The molecule has 57 heavy (non-hydrogen) atoms. The molecular weight excluding hydrogens is 707 g/mol. The Balaban J connectivity index is 1.09. The summed E-state index contributed by atoms with van der Waals surface area (Å²) in [4.78, 5) is 2.41. The Hall–Kier alpha value is -7.00. The van der Waals surface area contributed by atoms with Crippen LogP contribution in [-0.2, 0) is 5.41 Å². The van der Waals surface area contributed by atoms with Gasteiger partial charge in [-0.2, -0.15) is 0 Å². The highest BCUT2D eigenvalue weighted by Gasteiger charge is 2.45. The normalized spacial score (nSPS) is 12.7. The smallest absolute Gasteiger partial charge is 0.0713 e. The third kappa shape index (κ3) is 5.37. The van der Waals surface area contributed by atoms with E-state index in [9.17, 15) is 0 Å². The van der Waals surface area contributed by atoms with E-state index in [4.69, 9.17) is 0 Å². The van der Waals surface area contributed by atoms with Gasteiger partial charge in [0.1, 0.15) is 0 Å². The van der Waals surface area contributed by atoms with Gasteiger partial charge in [0.15, 0.2) is 0 Å². The second-order valence-corrected chi connectivity index (χ2v) is 15.9. The highest BCUT2D eigenvalue weighted by Crippen LogP contribution is 2.56. The van der Waals surface area contributed by atoms with Crippen molar-refractivity contribution in [3.63, 3.8) is 0 Å². The van der Waals surface area contributed by atoms with Gasteiger partial charge in [0.05, 0.1) is 5.41 Å². The molecule has 9 aromatic carbocycles. The van der Waals surface area contributed by atoms with Gasteiger partial charge in [-0.25, -0.2) is 0 Å². The average molecular weight is 744 g/mol. The minimum atomic E-state index is -0.451. The van der Waals surface area contributed by atoms with Crippen LogP contribution in [0.2, 0.25) is 0 Å². The van der Waals surface area contributed by atoms with Crippen LogP contribution in [0.1, 0.15) is 22.3 Å². The molecule has 0 unspecified atom stereocenters. The van der Waals surface area contributed by atoms with Gasteiger partial charge >= 0.3 is 0 Å². The summed E-state index contributed by atoms with van der Waals surface area (Å²) in [5, 5.41) is 2.62. The number of hydrogen-bond acceptors (Lipinski definition) is 2. The van der Waals surface area contributed by atoms with Crippen LogP contribution < -0.4 is 4.90 Å². The molecule has 0 aliphatic heterocycles. The average Bonchev–Trinajstić information content (AvgIpc) is 3.82. The lowest BCUT2D eigenvalue weighted by molar-refractivity contribution is 0.768. The molecule has 10 aromatic rings. The Bertz CT molecular complexity index is 3020. The van der Waals surface area contributed by atoms with Gasteiger partial charge in [0.25, 0.3) is 0 Å². The van der Waals surface area contributed by atoms with Crippen molar-refractivity contribution >= 4 is 48.6 Å². The Labute approximate surface area is 337 Å². The predicted octanol–water partition coefficient (Wildman–Crippen LogP) is 15.2. The molecule has 0 atom stereocenters. The van der Waals surface area contributed by atoms with E-state index in [1.54, 1.807) is 0 Å². The Morgan fingerprint density at radius 2 is 0.842 bits per heavy atom. The summed E-state index contributed by atoms with van der Waals surface area (Å²) in [6.07, 6.45) is 0. The van der Waals surface area contributed by atoms with E-state index in [1.165, 1.54) is 75.8 Å². The molecule has 1 aliphatic rings. The Morgan fingerprint density at radius 1 is 0.333 bits per heavy atom. The highest BCUT2D eigenvalue weighted by atomic mass is 32.1. The van der Waals surface area contributed by atoms with Crippen LogP contribution in [0.3, 0.4) is 0 Å². The van der Waals surface area contributed by atoms with E-state index >= 15 is 0 Å². The van der Waals surface area contributed by atoms with Crippen LogP contribution in [0, 0.1) is 0 Å². The second-order valence-electron chi connectivity index (χ2n) is 14.8. The van der Waals surface area contributed by atoms with Crippen molar-refractivity contribution in [3.8, 4) is 33.4 Å². The molecule has 11 rings (SSSR count). The Morgan fingerprint density at radius 3 is 1.56 bits per heavy atom. The number of benzene rings is 9. The van der Waals surface area contributed by atoms with Crippen molar-refractivity contribution in [2.24, 2.45) is 0 Å². The van der Waals surface area contributed by atoms with E-state index in [0.717, 1.165) is 17.1 Å². The molecule has 0 N–H and O–H groups in total. The molecule has 1 heterocycles. The fraction of sp³-hybridized carbons (Fsp3) is 0.0182. The van der Waals surface area contributed by atoms with Gasteiger partial charge < -0.3 is 4.90 Å². The number of hydrogen-bond donors (Lipinski definition) is 0. The number of anilines is 3. The van der Waals surface area contributed by atoms with E-state index in [2.05, 4.69) is 229 Å². The monoisotopic (exact) mass is 743 g/mol. The van der Waals surface area contributed by atoms with Gasteiger partial charge in [0.2, 0.25) is 0 Å². The van der Waals surface area contributed by atoms with Crippen molar-refractivity contribution in [1.82, 2.24) is 0 Å². The zero-order valence-corrected chi connectivity index (χ0v) is 32.0. The molecule has 0 bridgehead atoms. The maximum Gasteiger partial charge on any atom is 0.0713 e. The highest BCUT2D eigenvalue weighted by molar-refractivity contribution is 7.26. The summed E-state index contributed by atoms with van der Waals surface area (Å²) in [6, 6.07) is 82.4. The molecule has 0 spiro atoms. The predicted molar refractivity (Wildman–Crippen MR) is 242 cm³/mol. The first kappa shape index (κ1) is 33.3. The second kappa shape index (κ2) is 13.6. The molecule has 0 fully saturated rings. The van der Waals surface area contributed by atoms with E-state index in [0.29, 0.717) is 0 Å². The zero-order valence-electron chi connectivity index (χ0n) is 31.2. The third-order valence-electron chi connectivity index (χ3n) is 11.7. The maximum absolute atomic E-state index is 2.41. The third-order valence-corrected chi connectivity index (χ3v) is 13.0. The van der Waals surface area contributed by atoms with Crippen LogP contribution >= 0.6 is 11.3 Å². The van der Waals surface area contributed by atoms with Crippen molar-refractivity contribution in [2.75, 3.05) is 4.90 Å². The summed E-state index contributed by atoms with van der Waals surface area (Å²) < 4.78 is 2.64. The minimum Gasteiger partial charge on any atom is -0.310 e. The maximum atomic E-state index is 2.41. The summed E-state index contributed by atoms with van der Waals surface area (Å²) in [7, 11) is 0. The first-order valence-electron chi connectivity index (χ1n) is 19.6. The van der Waals surface area contributed by atoms with Gasteiger partial charge in [0, 0.05) is 37.2 Å². The lowest BCUT2D eigenvalue weighted by Crippen LogP contribution is -2.28. The van der Waals surface area contributed by atoms with E-state index in [-0.39, 0.29) is 0 Å². The van der Waals surface area contributed by atoms with Crippen LogP contribution in [0.4, 0.5) is 17.1 Å². The van der Waals surface area contributed by atoms with Gasteiger partial charge in [-0.05, 0) is 98.1 Å². The van der Waals surface area contributed by atoms with Crippen LogP contribution in [0.5, 0.6) is 0 Å². The summed E-state index contributed by atoms with van der Waals surface area (Å²) in [5.74, 6) is 0. The largest absolute Gasteiger partial charge is 0.310 e. The van der Waals surface area contributed by atoms with Crippen molar-refractivity contribution in [3.05, 3.63) is 247 Å². The fourth-order valence-corrected chi connectivity index (χ4v) is 10.5. The number of thiophene rings is 1. The van der Waals surface area contributed by atoms with Crippen LogP contribution in [0.15, 0.2) is 224 Å². The molecule has 1 aromatic heterocycles. The number of nitrogens with zero attached hydrogens (tertiary/aromatic N) is 1. The van der Waals surface area contributed by atoms with Crippen molar-refractivity contribution in [1.29, 1.82) is 0 Å². The minimum absolute atomic E-state index is 0.451. The standard InChI is InChI=1S/C55H37NS/c1-3-16-38(17-4-1)39-18-13-22-44(36-39)56(45-23-14-19-40(37-45)46-27-15-28-50-49-26-9-12-31-53(49)57-54(46)50)43-34-32-42(33-35-43)55(41-20-5-2-6-21-41)51-29-10-7-24-47(51)48-25-8-11-30-52(48)55/h1-37H. The molecule has 2 heteroatoms. The van der Waals surface area contributed by atoms with Gasteiger partial charge in [-0.3, -0.25) is 0 Å². The van der Waals surface area contributed by atoms with Gasteiger partial charge in [-0.15, -0.1) is 11.3 Å². The molecule has 0 radical (unpaired) electrons. The molecule has 0 saturated carbocycles. The van der Waals surface area contributed by atoms with Crippen LogP contribution in [-0.4, -0.2) is 0 Å². The molecule has 1 aliphatic carbocycles. The topological polar surface area (TPSA) is 3.24 Å². The quantitative estimate of drug-likeness (QED) is 0.157. The first-order valence-corrected chi connectivity index (χ1v) is 20.4. The van der Waals surface area contributed by atoms with E-state index in [1.807, 2.05) is 11.3 Å². The number of rotatable bonds is 7. The molecular formula is C55H37NS. The lowest BCUT2D eigenvalue weighted by atomic mass is 9.68. The summed E-state index contributed by atoms with van der Waals surface area (Å²) in [5.41, 5.74) is 15.5. The molecule has 0 saturated heterocycles.